The van der Waals surface area contributed by atoms with E-state index in [4.69, 9.17) is 10.5 Å². The lowest BCUT2D eigenvalue weighted by Gasteiger charge is -2.12. The van der Waals surface area contributed by atoms with Crippen molar-refractivity contribution in [3.63, 3.8) is 0 Å². The van der Waals surface area contributed by atoms with Crippen LogP contribution >= 0.6 is 0 Å². The van der Waals surface area contributed by atoms with Crippen LogP contribution in [0, 0.1) is 5.82 Å². The first-order valence-corrected chi connectivity index (χ1v) is 7.78. The van der Waals surface area contributed by atoms with Crippen molar-refractivity contribution in [2.75, 3.05) is 13.2 Å². The first-order valence-electron chi connectivity index (χ1n) is 7.78. The number of nitrogens with one attached hydrogen (secondary N) is 2. The summed E-state index contributed by atoms with van der Waals surface area (Å²) in [7, 11) is 0. The van der Waals surface area contributed by atoms with Gasteiger partial charge in [-0.1, -0.05) is 30.3 Å². The van der Waals surface area contributed by atoms with Gasteiger partial charge in [0.15, 0.2) is 0 Å². The highest BCUT2D eigenvalue weighted by Gasteiger charge is 2.02. The molecule has 1 atom stereocenters. The third-order valence-corrected chi connectivity index (χ3v) is 3.53. The topological polar surface area (TPSA) is 59.3 Å². The zero-order chi connectivity index (χ0) is 16.5. The fourth-order valence-corrected chi connectivity index (χ4v) is 2.02. The van der Waals surface area contributed by atoms with E-state index in [1.807, 2.05) is 31.2 Å². The minimum Gasteiger partial charge on any atom is -0.489 e. The Bertz CT molecular complexity index is 589. The number of hydrogen-bond donors (Lipinski definition) is 3. The van der Waals surface area contributed by atoms with Gasteiger partial charge in [0.25, 0.3) is 0 Å². The summed E-state index contributed by atoms with van der Waals surface area (Å²) in [5, 5.41) is 6.56. The van der Waals surface area contributed by atoms with E-state index < -0.39 is 0 Å². The average molecular weight is 317 g/mol. The van der Waals surface area contributed by atoms with E-state index in [0.717, 1.165) is 17.9 Å². The van der Waals surface area contributed by atoms with Gasteiger partial charge in [0.1, 0.15) is 18.2 Å². The van der Waals surface area contributed by atoms with E-state index in [1.54, 1.807) is 18.2 Å². The van der Waals surface area contributed by atoms with Gasteiger partial charge in [0, 0.05) is 31.4 Å². The Morgan fingerprint density at radius 1 is 1.13 bits per heavy atom. The lowest BCUT2D eigenvalue weighted by molar-refractivity contribution is 0.300. The quantitative estimate of drug-likeness (QED) is 0.491. The summed E-state index contributed by atoms with van der Waals surface area (Å²) in [4.78, 5) is 0. The maximum Gasteiger partial charge on any atom is 0.129 e. The second-order valence-corrected chi connectivity index (χ2v) is 5.47. The van der Waals surface area contributed by atoms with Crippen molar-refractivity contribution in [2.45, 2.75) is 26.1 Å². The van der Waals surface area contributed by atoms with E-state index in [0.29, 0.717) is 24.8 Å². The van der Waals surface area contributed by atoms with Crippen molar-refractivity contribution < 1.29 is 9.13 Å². The molecule has 0 radical (unpaired) electrons. The van der Waals surface area contributed by atoms with Crippen LogP contribution in [0.25, 0.3) is 0 Å². The molecule has 0 spiro atoms. The van der Waals surface area contributed by atoms with Crippen molar-refractivity contribution in [3.05, 3.63) is 65.5 Å². The Kier molecular flexibility index (Phi) is 7.00. The minimum atomic E-state index is -0.243. The van der Waals surface area contributed by atoms with E-state index in [9.17, 15) is 4.39 Å². The van der Waals surface area contributed by atoms with Crippen LogP contribution in [0.1, 0.15) is 18.1 Å². The Morgan fingerprint density at radius 3 is 2.57 bits per heavy atom. The van der Waals surface area contributed by atoms with Crippen LogP contribution in [-0.4, -0.2) is 19.3 Å². The van der Waals surface area contributed by atoms with Crippen molar-refractivity contribution in [1.29, 1.82) is 0 Å². The molecule has 0 aliphatic heterocycles. The zero-order valence-electron chi connectivity index (χ0n) is 13.4. The van der Waals surface area contributed by atoms with E-state index in [2.05, 4.69) is 10.6 Å². The van der Waals surface area contributed by atoms with Crippen molar-refractivity contribution in [2.24, 2.45) is 5.73 Å². The van der Waals surface area contributed by atoms with Crippen molar-refractivity contribution in [3.8, 4) is 5.75 Å². The van der Waals surface area contributed by atoms with Gasteiger partial charge < -0.3 is 21.1 Å². The van der Waals surface area contributed by atoms with Gasteiger partial charge >= 0.3 is 0 Å². The molecule has 0 aliphatic rings. The molecule has 2 aromatic rings. The number of halogens is 1. The number of nitrogens with two attached hydrogens (primary N) is 1. The van der Waals surface area contributed by atoms with Gasteiger partial charge in [0.05, 0.1) is 0 Å². The van der Waals surface area contributed by atoms with Crippen molar-refractivity contribution in [1.82, 2.24) is 10.6 Å². The second-order valence-electron chi connectivity index (χ2n) is 5.47. The standard InChI is InChI=1S/C18H24FN3O/c1-14(10-20)22-13-21-11-15-6-8-17(9-7-15)23-12-16-4-2-3-5-18(16)19/h2-9,14,21-22H,10-13,20H2,1H3. The maximum atomic E-state index is 13.5. The number of rotatable bonds is 9. The monoisotopic (exact) mass is 317 g/mol. The summed E-state index contributed by atoms with van der Waals surface area (Å²) in [6.07, 6.45) is 0. The molecular weight excluding hydrogens is 293 g/mol. The summed E-state index contributed by atoms with van der Waals surface area (Å²) >= 11 is 0. The van der Waals surface area contributed by atoms with Crippen LogP contribution in [0.2, 0.25) is 0 Å². The first kappa shape index (κ1) is 17.4. The SMILES string of the molecule is CC(CN)NCNCc1ccc(OCc2ccccc2F)cc1. The molecule has 0 amide bonds. The Morgan fingerprint density at radius 2 is 1.87 bits per heavy atom. The zero-order valence-corrected chi connectivity index (χ0v) is 13.4. The lowest BCUT2D eigenvalue weighted by atomic mass is 10.2. The number of ether oxygens (including phenoxy) is 1. The second kappa shape index (κ2) is 9.25. The highest BCUT2D eigenvalue weighted by molar-refractivity contribution is 5.28. The molecule has 0 aliphatic carbocycles. The predicted molar refractivity (Wildman–Crippen MR) is 90.5 cm³/mol. The van der Waals surface area contributed by atoms with Gasteiger partial charge in [0.2, 0.25) is 0 Å². The molecule has 23 heavy (non-hydrogen) atoms. The number of benzene rings is 2. The highest BCUT2D eigenvalue weighted by atomic mass is 19.1. The Hall–Kier alpha value is -1.95. The fraction of sp³-hybridized carbons (Fsp3) is 0.333. The number of hydrogen-bond acceptors (Lipinski definition) is 4. The molecule has 2 aromatic carbocycles. The molecule has 0 saturated carbocycles. The van der Waals surface area contributed by atoms with Crippen LogP contribution in [0.5, 0.6) is 5.75 Å². The smallest absolute Gasteiger partial charge is 0.129 e. The normalized spacial score (nSPS) is 12.1. The molecule has 0 aromatic heterocycles. The van der Waals surface area contributed by atoms with Crippen LogP contribution < -0.4 is 21.1 Å². The van der Waals surface area contributed by atoms with E-state index in [-0.39, 0.29) is 12.4 Å². The molecule has 0 heterocycles. The summed E-state index contributed by atoms with van der Waals surface area (Å²) in [5.74, 6) is 0.486. The highest BCUT2D eigenvalue weighted by Crippen LogP contribution is 2.15. The molecule has 124 valence electrons. The van der Waals surface area contributed by atoms with Crippen LogP contribution in [0.4, 0.5) is 4.39 Å². The maximum absolute atomic E-state index is 13.5. The Balaban J connectivity index is 1.75. The first-order chi connectivity index (χ1) is 11.2. The average Bonchev–Trinajstić information content (AvgIpc) is 2.59. The largest absolute Gasteiger partial charge is 0.489 e. The third-order valence-electron chi connectivity index (χ3n) is 3.53. The molecule has 4 N–H and O–H groups in total. The van der Waals surface area contributed by atoms with Crippen LogP contribution in [0.15, 0.2) is 48.5 Å². The molecule has 4 nitrogen and oxygen atoms in total. The van der Waals surface area contributed by atoms with Gasteiger partial charge in [-0.25, -0.2) is 4.39 Å². The van der Waals surface area contributed by atoms with Crippen molar-refractivity contribution >= 4 is 0 Å². The van der Waals surface area contributed by atoms with E-state index in [1.165, 1.54) is 6.07 Å². The summed E-state index contributed by atoms with van der Waals surface area (Å²) in [6, 6.07) is 14.7. The van der Waals surface area contributed by atoms with Gasteiger partial charge in [-0.15, -0.1) is 0 Å². The van der Waals surface area contributed by atoms with Gasteiger partial charge in [-0.05, 0) is 30.7 Å². The summed E-state index contributed by atoms with van der Waals surface area (Å²) < 4.78 is 19.1. The summed E-state index contributed by atoms with van der Waals surface area (Å²) in [6.45, 7) is 4.37. The predicted octanol–water partition coefficient (Wildman–Crippen LogP) is 2.39. The molecule has 0 bridgehead atoms. The molecule has 5 heteroatoms. The fourth-order valence-electron chi connectivity index (χ4n) is 2.02. The Labute approximate surface area is 136 Å². The van der Waals surface area contributed by atoms with Gasteiger partial charge in [-0.3, -0.25) is 0 Å². The minimum absolute atomic E-state index is 0.227. The van der Waals surface area contributed by atoms with Crippen LogP contribution in [-0.2, 0) is 13.2 Å². The summed E-state index contributed by atoms with van der Waals surface area (Å²) in [5.41, 5.74) is 7.25. The van der Waals surface area contributed by atoms with Gasteiger partial charge in [-0.2, -0.15) is 0 Å². The lowest BCUT2D eigenvalue weighted by Crippen LogP contribution is -2.39. The molecule has 0 saturated heterocycles. The molecular formula is C18H24FN3O. The third kappa shape index (κ3) is 5.98. The van der Waals surface area contributed by atoms with E-state index >= 15 is 0 Å². The molecule has 1 unspecified atom stereocenters. The van der Waals surface area contributed by atoms with Crippen LogP contribution in [0.3, 0.4) is 0 Å². The molecule has 2 rings (SSSR count). The molecule has 0 fully saturated rings.